The Morgan fingerprint density at radius 2 is 1.87 bits per heavy atom. The van der Waals surface area contributed by atoms with Gasteiger partial charge in [-0.2, -0.15) is 0 Å². The number of hydrogen-bond donors (Lipinski definition) is 2. The molecule has 6 nitrogen and oxygen atoms in total. The number of aromatic amines is 1. The van der Waals surface area contributed by atoms with Crippen molar-refractivity contribution in [2.24, 2.45) is 11.3 Å². The first-order chi connectivity index (χ1) is 15.1. The number of carboxylic acid groups (broad SMARTS) is 1. The van der Waals surface area contributed by atoms with Crippen molar-refractivity contribution in [1.82, 2.24) is 19.9 Å². The highest BCUT2D eigenvalue weighted by Crippen LogP contribution is 2.47. The van der Waals surface area contributed by atoms with Gasteiger partial charge in [0.25, 0.3) is 0 Å². The Morgan fingerprint density at radius 1 is 1.10 bits per heavy atom. The number of aromatic nitrogens is 3. The second-order valence-electron chi connectivity index (χ2n) is 9.46. The van der Waals surface area contributed by atoms with Crippen LogP contribution in [0.25, 0.3) is 22.4 Å². The topological polar surface area (TPSA) is 82.1 Å². The fourth-order valence-corrected chi connectivity index (χ4v) is 5.40. The van der Waals surface area contributed by atoms with Crippen LogP contribution in [0.3, 0.4) is 0 Å². The molecule has 1 saturated heterocycles. The zero-order chi connectivity index (χ0) is 21.3. The highest BCUT2D eigenvalue weighted by molar-refractivity contribution is 5.79. The van der Waals surface area contributed by atoms with Gasteiger partial charge in [-0.3, -0.25) is 14.7 Å². The van der Waals surface area contributed by atoms with Crippen molar-refractivity contribution in [3.8, 4) is 11.4 Å². The highest BCUT2D eigenvalue weighted by Gasteiger charge is 2.38. The fraction of sp³-hybridized carbons (Fsp3) is 0.480. The summed E-state index contributed by atoms with van der Waals surface area (Å²) >= 11 is 0. The Labute approximate surface area is 182 Å². The van der Waals surface area contributed by atoms with E-state index in [4.69, 9.17) is 10.1 Å². The maximum absolute atomic E-state index is 11.0. The molecule has 0 unspecified atom stereocenters. The minimum Gasteiger partial charge on any atom is -0.481 e. The zero-order valence-corrected chi connectivity index (χ0v) is 17.9. The molecule has 162 valence electrons. The van der Waals surface area contributed by atoms with Crippen molar-refractivity contribution in [3.05, 3.63) is 48.3 Å². The average Bonchev–Trinajstić information content (AvgIpc) is 3.22. The molecule has 0 amide bonds. The van der Waals surface area contributed by atoms with E-state index < -0.39 is 5.97 Å². The zero-order valence-electron chi connectivity index (χ0n) is 17.9. The number of fused-ring (bicyclic) bond motifs is 1. The van der Waals surface area contributed by atoms with E-state index in [0.717, 1.165) is 60.6 Å². The van der Waals surface area contributed by atoms with Crippen LogP contribution in [0.2, 0.25) is 0 Å². The van der Waals surface area contributed by atoms with Crippen molar-refractivity contribution < 1.29 is 9.90 Å². The van der Waals surface area contributed by atoms with E-state index in [9.17, 15) is 4.79 Å². The number of hydrogen-bond acceptors (Lipinski definition) is 4. The first-order valence-electron chi connectivity index (χ1n) is 11.4. The first kappa shape index (κ1) is 20.2. The summed E-state index contributed by atoms with van der Waals surface area (Å²) in [6, 6.07) is 12.3. The molecular weight excluding hydrogens is 388 g/mol. The monoisotopic (exact) mass is 418 g/mol. The molecule has 1 aromatic carbocycles. The van der Waals surface area contributed by atoms with E-state index in [-0.39, 0.29) is 0 Å². The lowest BCUT2D eigenvalue weighted by Gasteiger charge is -2.46. The van der Waals surface area contributed by atoms with Gasteiger partial charge in [0.1, 0.15) is 5.82 Å². The smallest absolute Gasteiger partial charge is 0.303 e. The van der Waals surface area contributed by atoms with Crippen LogP contribution >= 0.6 is 0 Å². The number of nitrogens with zero attached hydrogens (tertiary/aromatic N) is 3. The summed E-state index contributed by atoms with van der Waals surface area (Å²) in [6.45, 7) is 3.10. The maximum Gasteiger partial charge on any atom is 0.303 e. The normalized spacial score (nSPS) is 19.7. The largest absolute Gasteiger partial charge is 0.481 e. The predicted molar refractivity (Wildman–Crippen MR) is 120 cm³/mol. The number of imidazole rings is 1. The van der Waals surface area contributed by atoms with Gasteiger partial charge < -0.3 is 10.1 Å². The van der Waals surface area contributed by atoms with Gasteiger partial charge >= 0.3 is 5.97 Å². The molecular formula is C25H30N4O2. The molecule has 3 aromatic rings. The quantitative estimate of drug-likeness (QED) is 0.618. The van der Waals surface area contributed by atoms with Crippen LogP contribution in [0.5, 0.6) is 0 Å². The van der Waals surface area contributed by atoms with Gasteiger partial charge in [0, 0.05) is 24.7 Å². The number of carbonyl (C=O) groups is 1. The number of aliphatic carboxylic acids is 1. The van der Waals surface area contributed by atoms with E-state index >= 15 is 0 Å². The van der Waals surface area contributed by atoms with Gasteiger partial charge in [0.2, 0.25) is 0 Å². The summed E-state index contributed by atoms with van der Waals surface area (Å²) in [5.41, 5.74) is 4.57. The summed E-state index contributed by atoms with van der Waals surface area (Å²) in [5.74, 6) is 0.601. The van der Waals surface area contributed by atoms with Crippen molar-refractivity contribution >= 4 is 17.0 Å². The molecule has 1 spiro atoms. The Hall–Kier alpha value is -2.73. The van der Waals surface area contributed by atoms with E-state index in [0.29, 0.717) is 17.8 Å². The van der Waals surface area contributed by atoms with Crippen molar-refractivity contribution in [2.75, 3.05) is 13.1 Å². The molecule has 0 atom stereocenters. The molecule has 0 radical (unpaired) electrons. The van der Waals surface area contributed by atoms with E-state index in [1.165, 1.54) is 25.7 Å². The first-order valence-corrected chi connectivity index (χ1v) is 11.4. The van der Waals surface area contributed by atoms with Crippen LogP contribution < -0.4 is 0 Å². The molecule has 2 N–H and O–H groups in total. The summed E-state index contributed by atoms with van der Waals surface area (Å²) in [7, 11) is 0. The van der Waals surface area contributed by atoms with Gasteiger partial charge in [-0.15, -0.1) is 0 Å². The number of pyridine rings is 1. The van der Waals surface area contributed by atoms with Crippen LogP contribution in [-0.2, 0) is 11.3 Å². The van der Waals surface area contributed by atoms with E-state index in [2.05, 4.69) is 27.0 Å². The van der Waals surface area contributed by atoms with Gasteiger partial charge in [-0.1, -0.05) is 12.1 Å². The Kier molecular flexibility index (Phi) is 5.48. The SMILES string of the molecule is O=C(O)CC1CCC2(CC1)CCN(Cc1ccc(-c3nc4ccccc4[nH]3)cn1)CC2. The molecule has 0 bridgehead atoms. The number of piperidine rings is 1. The van der Waals surface area contributed by atoms with Gasteiger partial charge in [0.15, 0.2) is 0 Å². The molecule has 3 heterocycles. The summed E-state index contributed by atoms with van der Waals surface area (Å²) in [5, 5.41) is 9.04. The van der Waals surface area contributed by atoms with E-state index in [1.54, 1.807) is 0 Å². The number of carboxylic acids is 1. The average molecular weight is 419 g/mol. The van der Waals surface area contributed by atoms with Crippen molar-refractivity contribution in [1.29, 1.82) is 0 Å². The molecule has 1 aliphatic heterocycles. The lowest BCUT2D eigenvalue weighted by atomic mass is 9.65. The second-order valence-corrected chi connectivity index (χ2v) is 9.46. The van der Waals surface area contributed by atoms with E-state index in [1.807, 2.05) is 30.5 Å². The van der Waals surface area contributed by atoms with Gasteiger partial charge in [-0.05, 0) is 87.2 Å². The fourth-order valence-electron chi connectivity index (χ4n) is 5.40. The molecule has 6 heteroatoms. The molecule has 2 aromatic heterocycles. The minimum atomic E-state index is -0.644. The summed E-state index contributed by atoms with van der Waals surface area (Å²) in [4.78, 5) is 26.2. The standard InChI is InChI=1S/C25H30N4O2/c30-23(31)15-18-7-9-25(10-8-18)11-13-29(14-12-25)17-20-6-5-19(16-26-20)24-27-21-3-1-2-4-22(21)28-24/h1-6,16,18H,7-15,17H2,(H,27,28)(H,30,31). The highest BCUT2D eigenvalue weighted by atomic mass is 16.4. The predicted octanol–water partition coefficient (Wildman–Crippen LogP) is 4.87. The van der Waals surface area contributed by atoms with Crippen LogP contribution in [0.1, 0.15) is 50.6 Å². The number of benzene rings is 1. The molecule has 2 aliphatic rings. The van der Waals surface area contributed by atoms with Gasteiger partial charge in [0.05, 0.1) is 16.7 Å². The summed E-state index contributed by atoms with van der Waals surface area (Å²) in [6.07, 6.45) is 9.27. The molecule has 31 heavy (non-hydrogen) atoms. The Balaban J connectivity index is 1.15. The van der Waals surface area contributed by atoms with Crippen LogP contribution in [0.4, 0.5) is 0 Å². The molecule has 5 rings (SSSR count). The van der Waals surface area contributed by atoms with Crippen LogP contribution in [0, 0.1) is 11.3 Å². The molecule has 2 fully saturated rings. The Morgan fingerprint density at radius 3 is 2.55 bits per heavy atom. The molecule has 1 aliphatic carbocycles. The maximum atomic E-state index is 11.0. The van der Waals surface area contributed by atoms with Crippen LogP contribution in [0.15, 0.2) is 42.6 Å². The lowest BCUT2D eigenvalue weighted by Crippen LogP contribution is -2.41. The minimum absolute atomic E-state index is 0.345. The van der Waals surface area contributed by atoms with Crippen LogP contribution in [-0.4, -0.2) is 44.0 Å². The number of nitrogens with one attached hydrogen (secondary N) is 1. The van der Waals surface area contributed by atoms with Gasteiger partial charge in [-0.25, -0.2) is 4.98 Å². The number of para-hydroxylation sites is 2. The van der Waals surface area contributed by atoms with Crippen molar-refractivity contribution in [2.45, 2.75) is 51.5 Å². The Bertz CT molecular complexity index is 1010. The third-order valence-electron chi connectivity index (χ3n) is 7.42. The number of H-pyrrole nitrogens is 1. The molecule has 1 saturated carbocycles. The third-order valence-corrected chi connectivity index (χ3v) is 7.42. The number of likely N-dealkylation sites (tertiary alicyclic amines) is 1. The summed E-state index contributed by atoms with van der Waals surface area (Å²) < 4.78 is 0. The second kappa shape index (κ2) is 8.42. The lowest BCUT2D eigenvalue weighted by molar-refractivity contribution is -0.138. The van der Waals surface area contributed by atoms with Crippen molar-refractivity contribution in [3.63, 3.8) is 0 Å². The number of rotatable bonds is 5. The third kappa shape index (κ3) is 4.49.